The lowest BCUT2D eigenvalue weighted by Gasteiger charge is -2.19. The van der Waals surface area contributed by atoms with Crippen molar-refractivity contribution in [1.29, 1.82) is 0 Å². The van der Waals surface area contributed by atoms with Crippen LogP contribution < -0.4 is 5.73 Å². The Labute approximate surface area is 153 Å². The van der Waals surface area contributed by atoms with Crippen LogP contribution >= 0.6 is 0 Å². The molecule has 0 bridgehead atoms. The smallest absolute Gasteiger partial charge is 0.116 e. The van der Waals surface area contributed by atoms with Crippen molar-refractivity contribution in [3.63, 3.8) is 0 Å². The summed E-state index contributed by atoms with van der Waals surface area (Å²) in [5.74, 6) is 0. The van der Waals surface area contributed by atoms with Crippen molar-refractivity contribution in [2.24, 2.45) is 0 Å². The lowest BCUT2D eigenvalue weighted by Crippen LogP contribution is -2.10. The molecule has 2 heterocycles. The van der Waals surface area contributed by atoms with E-state index in [2.05, 4.69) is 66.1 Å². The summed E-state index contributed by atoms with van der Waals surface area (Å²) in [6, 6.07) is 18.5. The van der Waals surface area contributed by atoms with Crippen molar-refractivity contribution in [3.8, 4) is 22.6 Å². The van der Waals surface area contributed by atoms with Crippen LogP contribution in [0.5, 0.6) is 0 Å². The molecule has 0 unspecified atom stereocenters. The van der Waals surface area contributed by atoms with Gasteiger partial charge >= 0.3 is 0 Å². The van der Waals surface area contributed by atoms with Crippen LogP contribution in [0.3, 0.4) is 0 Å². The zero-order chi connectivity index (χ0) is 18.3. The molecule has 0 aliphatic rings. The van der Waals surface area contributed by atoms with Gasteiger partial charge in [0.05, 0.1) is 17.1 Å². The molecule has 0 aliphatic carbocycles. The largest absolute Gasteiger partial charge is 0.399 e. The number of rotatable bonds is 2. The second kappa shape index (κ2) is 5.99. The van der Waals surface area contributed by atoms with Crippen LogP contribution in [-0.4, -0.2) is 15.0 Å². The Morgan fingerprint density at radius 1 is 0.846 bits per heavy atom. The number of nitrogens with one attached hydrogen (secondary N) is 1. The lowest BCUT2D eigenvalue weighted by atomic mass is 9.86. The van der Waals surface area contributed by atoms with Crippen molar-refractivity contribution in [3.05, 3.63) is 66.5 Å². The quantitative estimate of drug-likeness (QED) is 0.494. The summed E-state index contributed by atoms with van der Waals surface area (Å²) in [5, 5.41) is 1.11. The zero-order valence-corrected chi connectivity index (χ0v) is 15.2. The Morgan fingerprint density at radius 3 is 2.31 bits per heavy atom. The molecular formula is C22H22N4. The van der Waals surface area contributed by atoms with Gasteiger partial charge in [-0.25, -0.2) is 9.97 Å². The number of nitrogens with two attached hydrogens (primary N) is 1. The lowest BCUT2D eigenvalue weighted by molar-refractivity contribution is 0.590. The van der Waals surface area contributed by atoms with Crippen LogP contribution in [0.25, 0.3) is 33.5 Å². The van der Waals surface area contributed by atoms with Gasteiger partial charge in [0.25, 0.3) is 0 Å². The van der Waals surface area contributed by atoms with Gasteiger partial charge in [0.2, 0.25) is 0 Å². The second-order valence-corrected chi connectivity index (χ2v) is 7.65. The molecule has 0 saturated heterocycles. The monoisotopic (exact) mass is 342 g/mol. The molecule has 0 spiro atoms. The van der Waals surface area contributed by atoms with E-state index in [1.165, 1.54) is 5.56 Å². The van der Waals surface area contributed by atoms with E-state index in [0.717, 1.165) is 39.2 Å². The van der Waals surface area contributed by atoms with Gasteiger partial charge in [0, 0.05) is 22.2 Å². The van der Waals surface area contributed by atoms with E-state index in [-0.39, 0.29) is 5.41 Å². The zero-order valence-electron chi connectivity index (χ0n) is 15.2. The predicted molar refractivity (Wildman–Crippen MR) is 108 cm³/mol. The number of hydrogen-bond acceptors (Lipinski definition) is 3. The van der Waals surface area contributed by atoms with Gasteiger partial charge in [-0.3, -0.25) is 0 Å². The Bertz CT molecular complexity index is 1070. The van der Waals surface area contributed by atoms with Gasteiger partial charge in [0.1, 0.15) is 6.33 Å². The standard InChI is InChI=1S/C22H22N4/c1-22(2,3)16-7-4-14(5-8-16)18-12-20(25-13-24-18)21-10-15-6-9-17(23)11-19(15)26-21/h4-13,26H,23H2,1-3H3. The minimum atomic E-state index is 0.140. The summed E-state index contributed by atoms with van der Waals surface area (Å²) in [5.41, 5.74) is 12.9. The van der Waals surface area contributed by atoms with Crippen LogP contribution in [0.15, 0.2) is 60.9 Å². The maximum Gasteiger partial charge on any atom is 0.116 e. The molecular weight excluding hydrogens is 320 g/mol. The first-order valence-corrected chi connectivity index (χ1v) is 8.72. The molecule has 26 heavy (non-hydrogen) atoms. The van der Waals surface area contributed by atoms with Crippen molar-refractivity contribution < 1.29 is 0 Å². The first-order valence-electron chi connectivity index (χ1n) is 8.72. The molecule has 0 atom stereocenters. The highest BCUT2D eigenvalue weighted by atomic mass is 14.9. The number of aromatic nitrogens is 3. The molecule has 3 N–H and O–H groups in total. The number of H-pyrrole nitrogens is 1. The summed E-state index contributed by atoms with van der Waals surface area (Å²) in [6.45, 7) is 6.65. The SMILES string of the molecule is CC(C)(C)c1ccc(-c2cc(-c3cc4ccc(N)cc4[nH]3)ncn2)cc1. The third kappa shape index (κ3) is 3.06. The van der Waals surface area contributed by atoms with Crippen LogP contribution in [0.2, 0.25) is 0 Å². The average molecular weight is 342 g/mol. The highest BCUT2D eigenvalue weighted by molar-refractivity contribution is 5.87. The maximum absolute atomic E-state index is 5.87. The molecule has 2 aromatic carbocycles. The molecule has 0 amide bonds. The molecule has 0 fully saturated rings. The van der Waals surface area contributed by atoms with Gasteiger partial charge in [-0.2, -0.15) is 0 Å². The van der Waals surface area contributed by atoms with Crippen LogP contribution in [0, 0.1) is 0 Å². The number of anilines is 1. The molecule has 0 radical (unpaired) electrons. The third-order valence-corrected chi connectivity index (χ3v) is 4.64. The Balaban J connectivity index is 1.72. The fourth-order valence-electron chi connectivity index (χ4n) is 3.09. The van der Waals surface area contributed by atoms with E-state index in [0.29, 0.717) is 0 Å². The molecule has 4 rings (SSSR count). The Kier molecular flexibility index (Phi) is 3.76. The maximum atomic E-state index is 5.87. The number of hydrogen-bond donors (Lipinski definition) is 2. The van der Waals surface area contributed by atoms with Crippen molar-refractivity contribution in [2.75, 3.05) is 5.73 Å². The highest BCUT2D eigenvalue weighted by Gasteiger charge is 2.14. The van der Waals surface area contributed by atoms with Crippen molar-refractivity contribution in [2.45, 2.75) is 26.2 Å². The predicted octanol–water partition coefficient (Wildman–Crippen LogP) is 5.17. The number of nitrogens with zero attached hydrogens (tertiary/aromatic N) is 2. The van der Waals surface area contributed by atoms with Gasteiger partial charge in [-0.15, -0.1) is 0 Å². The van der Waals surface area contributed by atoms with Crippen LogP contribution in [0.4, 0.5) is 5.69 Å². The molecule has 4 nitrogen and oxygen atoms in total. The normalized spacial score (nSPS) is 11.8. The van der Waals surface area contributed by atoms with Gasteiger partial charge < -0.3 is 10.7 Å². The van der Waals surface area contributed by atoms with E-state index >= 15 is 0 Å². The average Bonchev–Trinajstić information content (AvgIpc) is 3.04. The first-order chi connectivity index (χ1) is 12.4. The number of benzene rings is 2. The molecule has 130 valence electrons. The van der Waals surface area contributed by atoms with E-state index in [9.17, 15) is 0 Å². The molecule has 0 saturated carbocycles. The van der Waals surface area contributed by atoms with Crippen LogP contribution in [-0.2, 0) is 5.41 Å². The molecule has 0 aliphatic heterocycles. The van der Waals surface area contributed by atoms with Gasteiger partial charge in [-0.1, -0.05) is 51.1 Å². The second-order valence-electron chi connectivity index (χ2n) is 7.65. The van der Waals surface area contributed by atoms with Crippen molar-refractivity contribution >= 4 is 16.6 Å². The van der Waals surface area contributed by atoms with E-state index in [4.69, 9.17) is 5.73 Å². The van der Waals surface area contributed by atoms with Gasteiger partial charge in [-0.05, 0) is 35.2 Å². The van der Waals surface area contributed by atoms with Crippen LogP contribution in [0.1, 0.15) is 26.3 Å². The summed E-state index contributed by atoms with van der Waals surface area (Å²) in [4.78, 5) is 12.3. The fraction of sp³-hybridized carbons (Fsp3) is 0.182. The Hall–Kier alpha value is -3.14. The van der Waals surface area contributed by atoms with Gasteiger partial charge in [0.15, 0.2) is 0 Å². The molecule has 4 aromatic rings. The topological polar surface area (TPSA) is 67.6 Å². The van der Waals surface area contributed by atoms with E-state index in [1.54, 1.807) is 6.33 Å². The Morgan fingerprint density at radius 2 is 1.58 bits per heavy atom. The third-order valence-electron chi connectivity index (χ3n) is 4.64. The van der Waals surface area contributed by atoms with E-state index in [1.807, 2.05) is 24.3 Å². The van der Waals surface area contributed by atoms with Crippen molar-refractivity contribution in [1.82, 2.24) is 15.0 Å². The molecule has 2 aromatic heterocycles. The highest BCUT2D eigenvalue weighted by Crippen LogP contribution is 2.28. The number of fused-ring (bicyclic) bond motifs is 1. The summed E-state index contributed by atoms with van der Waals surface area (Å²) >= 11 is 0. The number of nitrogen functional groups attached to an aromatic ring is 1. The summed E-state index contributed by atoms with van der Waals surface area (Å²) in [7, 11) is 0. The number of aromatic amines is 1. The first kappa shape index (κ1) is 16.3. The summed E-state index contributed by atoms with van der Waals surface area (Å²) in [6.07, 6.45) is 1.61. The molecule has 4 heteroatoms. The minimum Gasteiger partial charge on any atom is -0.399 e. The van der Waals surface area contributed by atoms with E-state index < -0.39 is 0 Å². The minimum absolute atomic E-state index is 0.140. The summed E-state index contributed by atoms with van der Waals surface area (Å²) < 4.78 is 0. The fourth-order valence-corrected chi connectivity index (χ4v) is 3.09.